The summed E-state index contributed by atoms with van der Waals surface area (Å²) < 4.78 is 7.21. The quantitative estimate of drug-likeness (QED) is 0.759. The van der Waals surface area contributed by atoms with Gasteiger partial charge in [0.25, 0.3) is 0 Å². The number of benzene rings is 1. The molecule has 0 spiro atoms. The van der Waals surface area contributed by atoms with Gasteiger partial charge in [0, 0.05) is 42.7 Å². The minimum absolute atomic E-state index is 0.513. The molecule has 5 nitrogen and oxygen atoms in total. The topological polar surface area (TPSA) is 69.9 Å². The summed E-state index contributed by atoms with van der Waals surface area (Å²) in [6, 6.07) is 8.19. The highest BCUT2D eigenvalue weighted by Crippen LogP contribution is 2.22. The van der Waals surface area contributed by atoms with E-state index in [9.17, 15) is 0 Å². The molecule has 5 heteroatoms. The minimum atomic E-state index is 0.513. The Kier molecular flexibility index (Phi) is 2.60. The predicted octanol–water partition coefficient (Wildman–Crippen LogP) is 1.73. The molecule has 3 aromatic rings. The Morgan fingerprint density at radius 3 is 3.06 bits per heavy atom. The molecule has 2 aromatic heterocycles. The molecule has 0 unspecified atom stereocenters. The van der Waals surface area contributed by atoms with Gasteiger partial charge in [-0.2, -0.15) is 4.98 Å². The standard InChI is InChI=1S/C13H14N4O/c1-17-7-5-9-8-10(2-3-11(9)17)13-15-12(4-6-14)18-16-13/h2-3,5,7-8H,4,6,14H2,1H3. The van der Waals surface area contributed by atoms with Crippen molar-refractivity contribution in [3.63, 3.8) is 0 Å². The smallest absolute Gasteiger partial charge is 0.228 e. The van der Waals surface area contributed by atoms with Crippen molar-refractivity contribution in [3.05, 3.63) is 36.4 Å². The van der Waals surface area contributed by atoms with Crippen molar-refractivity contribution in [3.8, 4) is 11.4 Å². The first-order chi connectivity index (χ1) is 8.78. The molecule has 0 amide bonds. The van der Waals surface area contributed by atoms with E-state index in [1.165, 1.54) is 10.9 Å². The fourth-order valence-corrected chi connectivity index (χ4v) is 2.02. The molecule has 0 saturated carbocycles. The maximum Gasteiger partial charge on any atom is 0.228 e. The van der Waals surface area contributed by atoms with E-state index in [4.69, 9.17) is 10.3 Å². The summed E-state index contributed by atoms with van der Waals surface area (Å²) in [7, 11) is 2.02. The zero-order chi connectivity index (χ0) is 12.5. The maximum absolute atomic E-state index is 5.46. The first-order valence-electron chi connectivity index (χ1n) is 5.86. The third-order valence-electron chi connectivity index (χ3n) is 2.97. The van der Waals surface area contributed by atoms with Crippen LogP contribution in [0.2, 0.25) is 0 Å². The average Bonchev–Trinajstić information content (AvgIpc) is 2.97. The van der Waals surface area contributed by atoms with Crippen LogP contribution in [0.4, 0.5) is 0 Å². The maximum atomic E-state index is 5.46. The number of nitrogens with two attached hydrogens (primary N) is 1. The molecule has 0 radical (unpaired) electrons. The number of nitrogens with zero attached hydrogens (tertiary/aromatic N) is 3. The van der Waals surface area contributed by atoms with Gasteiger partial charge in [-0.3, -0.25) is 0 Å². The number of rotatable bonds is 3. The van der Waals surface area contributed by atoms with Gasteiger partial charge in [0.1, 0.15) is 0 Å². The van der Waals surface area contributed by atoms with Gasteiger partial charge in [-0.1, -0.05) is 5.16 Å². The number of fused-ring (bicyclic) bond motifs is 1. The lowest BCUT2D eigenvalue weighted by Crippen LogP contribution is -2.02. The summed E-state index contributed by atoms with van der Waals surface area (Å²) in [5, 5.41) is 5.14. The van der Waals surface area contributed by atoms with Crippen molar-refractivity contribution >= 4 is 10.9 Å². The molecule has 0 atom stereocenters. The SMILES string of the molecule is Cn1ccc2cc(-c3noc(CCN)n3)ccc21. The highest BCUT2D eigenvalue weighted by molar-refractivity contribution is 5.84. The fourth-order valence-electron chi connectivity index (χ4n) is 2.02. The lowest BCUT2D eigenvalue weighted by atomic mass is 10.1. The zero-order valence-corrected chi connectivity index (χ0v) is 10.1. The fraction of sp³-hybridized carbons (Fsp3) is 0.231. The lowest BCUT2D eigenvalue weighted by Gasteiger charge is -1.97. The average molecular weight is 242 g/mol. The van der Waals surface area contributed by atoms with Crippen molar-refractivity contribution in [1.82, 2.24) is 14.7 Å². The second-order valence-electron chi connectivity index (χ2n) is 4.25. The van der Waals surface area contributed by atoms with Crippen LogP contribution in [0.5, 0.6) is 0 Å². The molecule has 1 aromatic carbocycles. The van der Waals surface area contributed by atoms with E-state index >= 15 is 0 Å². The van der Waals surface area contributed by atoms with Crippen molar-refractivity contribution in [1.29, 1.82) is 0 Å². The van der Waals surface area contributed by atoms with E-state index in [-0.39, 0.29) is 0 Å². The van der Waals surface area contributed by atoms with Crippen LogP contribution in [0.1, 0.15) is 5.89 Å². The summed E-state index contributed by atoms with van der Waals surface area (Å²) in [5.41, 5.74) is 7.60. The molecular weight excluding hydrogens is 228 g/mol. The summed E-state index contributed by atoms with van der Waals surface area (Å²) in [6.07, 6.45) is 2.64. The van der Waals surface area contributed by atoms with Crippen LogP contribution in [0.3, 0.4) is 0 Å². The van der Waals surface area contributed by atoms with Gasteiger partial charge < -0.3 is 14.8 Å². The molecule has 18 heavy (non-hydrogen) atoms. The van der Waals surface area contributed by atoms with Crippen LogP contribution in [0, 0.1) is 0 Å². The Hall–Kier alpha value is -2.14. The molecule has 92 valence electrons. The van der Waals surface area contributed by atoms with Crippen molar-refractivity contribution in [2.75, 3.05) is 6.54 Å². The predicted molar refractivity (Wildman–Crippen MR) is 69.0 cm³/mol. The Morgan fingerprint density at radius 1 is 1.33 bits per heavy atom. The normalized spacial score (nSPS) is 11.2. The first kappa shape index (κ1) is 11.0. The molecule has 2 heterocycles. The van der Waals surface area contributed by atoms with Crippen LogP contribution in [-0.2, 0) is 13.5 Å². The van der Waals surface area contributed by atoms with Gasteiger partial charge in [-0.15, -0.1) is 0 Å². The van der Waals surface area contributed by atoms with Gasteiger partial charge >= 0.3 is 0 Å². The monoisotopic (exact) mass is 242 g/mol. The third-order valence-corrected chi connectivity index (χ3v) is 2.97. The molecule has 0 aliphatic rings. The molecule has 2 N–H and O–H groups in total. The van der Waals surface area contributed by atoms with Crippen LogP contribution >= 0.6 is 0 Å². The Labute approximate surface area is 104 Å². The summed E-state index contributed by atoms with van der Waals surface area (Å²) in [5.74, 6) is 1.20. The number of hydrogen-bond acceptors (Lipinski definition) is 4. The number of hydrogen-bond donors (Lipinski definition) is 1. The number of aromatic nitrogens is 3. The van der Waals surface area contributed by atoms with Gasteiger partial charge in [-0.05, 0) is 24.3 Å². The van der Waals surface area contributed by atoms with Gasteiger partial charge in [0.15, 0.2) is 0 Å². The van der Waals surface area contributed by atoms with Crippen LogP contribution < -0.4 is 5.73 Å². The number of aryl methyl sites for hydroxylation is 1. The Morgan fingerprint density at radius 2 is 2.22 bits per heavy atom. The van der Waals surface area contributed by atoms with E-state index in [2.05, 4.69) is 32.9 Å². The molecule has 3 rings (SSSR count). The Bertz CT molecular complexity index is 683. The van der Waals surface area contributed by atoms with E-state index in [0.717, 1.165) is 5.56 Å². The van der Waals surface area contributed by atoms with Crippen LogP contribution in [0.25, 0.3) is 22.3 Å². The molecular formula is C13H14N4O. The highest BCUT2D eigenvalue weighted by atomic mass is 16.5. The van der Waals surface area contributed by atoms with E-state index in [1.807, 2.05) is 19.3 Å². The van der Waals surface area contributed by atoms with Gasteiger partial charge in [-0.25, -0.2) is 0 Å². The highest BCUT2D eigenvalue weighted by Gasteiger charge is 2.09. The second kappa shape index (κ2) is 4.27. The molecule has 0 aliphatic heterocycles. The molecule has 0 bridgehead atoms. The molecule has 0 saturated heterocycles. The molecule has 0 aliphatic carbocycles. The minimum Gasteiger partial charge on any atom is -0.351 e. The van der Waals surface area contributed by atoms with E-state index < -0.39 is 0 Å². The van der Waals surface area contributed by atoms with Crippen LogP contribution in [0.15, 0.2) is 35.0 Å². The van der Waals surface area contributed by atoms with E-state index in [1.54, 1.807) is 0 Å². The van der Waals surface area contributed by atoms with E-state index in [0.29, 0.717) is 24.7 Å². The zero-order valence-electron chi connectivity index (χ0n) is 10.1. The summed E-state index contributed by atoms with van der Waals surface area (Å²) in [6.45, 7) is 0.513. The van der Waals surface area contributed by atoms with Crippen molar-refractivity contribution in [2.24, 2.45) is 12.8 Å². The van der Waals surface area contributed by atoms with Gasteiger partial charge in [0.2, 0.25) is 11.7 Å². The van der Waals surface area contributed by atoms with Crippen molar-refractivity contribution < 1.29 is 4.52 Å². The second-order valence-corrected chi connectivity index (χ2v) is 4.25. The first-order valence-corrected chi connectivity index (χ1v) is 5.86. The summed E-state index contributed by atoms with van der Waals surface area (Å²) in [4.78, 5) is 4.32. The summed E-state index contributed by atoms with van der Waals surface area (Å²) >= 11 is 0. The molecule has 0 fully saturated rings. The largest absolute Gasteiger partial charge is 0.351 e. The van der Waals surface area contributed by atoms with Gasteiger partial charge in [0.05, 0.1) is 0 Å². The Balaban J connectivity index is 2.02. The van der Waals surface area contributed by atoms with Crippen molar-refractivity contribution in [2.45, 2.75) is 6.42 Å². The third kappa shape index (κ3) is 1.78. The van der Waals surface area contributed by atoms with Crippen LogP contribution in [-0.4, -0.2) is 21.3 Å². The lowest BCUT2D eigenvalue weighted by molar-refractivity contribution is 0.380.